The maximum absolute atomic E-state index is 12.4. The van der Waals surface area contributed by atoms with Crippen molar-refractivity contribution >= 4 is 11.9 Å². The number of piperidine rings is 1. The maximum Gasteiger partial charge on any atom is 0.225 e. The van der Waals surface area contributed by atoms with Crippen molar-refractivity contribution < 1.29 is 9.53 Å². The summed E-state index contributed by atoms with van der Waals surface area (Å²) in [5, 5.41) is 2.97. The number of aromatic nitrogens is 2. The van der Waals surface area contributed by atoms with Crippen LogP contribution in [0.25, 0.3) is 0 Å². The number of aryl methyl sites for hydroxylation is 1. The van der Waals surface area contributed by atoms with Crippen molar-refractivity contribution in [2.75, 3.05) is 31.1 Å². The molecule has 0 spiro atoms. The van der Waals surface area contributed by atoms with E-state index < -0.39 is 0 Å². The van der Waals surface area contributed by atoms with Gasteiger partial charge in [-0.2, -0.15) is 0 Å². The fraction of sp³-hybridized carbons (Fsp3) is 0.421. The van der Waals surface area contributed by atoms with Crippen LogP contribution in [0.1, 0.15) is 18.5 Å². The van der Waals surface area contributed by atoms with Gasteiger partial charge in [-0.05, 0) is 38.0 Å². The van der Waals surface area contributed by atoms with Crippen molar-refractivity contribution in [3.8, 4) is 5.75 Å². The fourth-order valence-electron chi connectivity index (χ4n) is 2.97. The van der Waals surface area contributed by atoms with Crippen LogP contribution in [0.4, 0.5) is 5.95 Å². The number of nitrogens with one attached hydrogen (secondary N) is 1. The Hall–Kier alpha value is -2.63. The third-order valence-electron chi connectivity index (χ3n) is 4.27. The quantitative estimate of drug-likeness (QED) is 0.817. The number of carbonyl (C=O) groups excluding carboxylic acids is 1. The Kier molecular flexibility index (Phi) is 5.82. The molecule has 2 heterocycles. The van der Waals surface area contributed by atoms with Crippen LogP contribution in [0, 0.1) is 12.8 Å². The van der Waals surface area contributed by atoms with Gasteiger partial charge in [0.1, 0.15) is 12.4 Å². The predicted molar refractivity (Wildman–Crippen MR) is 96.7 cm³/mol. The lowest BCUT2D eigenvalue weighted by atomic mass is 9.97. The van der Waals surface area contributed by atoms with E-state index in [1.807, 2.05) is 43.3 Å². The highest BCUT2D eigenvalue weighted by molar-refractivity contribution is 5.79. The molecule has 2 aromatic rings. The SMILES string of the molecule is Cc1ccnc(N2CCCC(C(=O)NCCOc3ccccc3)C2)n1. The van der Waals surface area contributed by atoms with E-state index in [9.17, 15) is 4.79 Å². The third-order valence-corrected chi connectivity index (χ3v) is 4.27. The molecule has 1 saturated heterocycles. The van der Waals surface area contributed by atoms with E-state index in [1.54, 1.807) is 6.20 Å². The summed E-state index contributed by atoms with van der Waals surface area (Å²) in [6, 6.07) is 11.5. The number of hydrogen-bond acceptors (Lipinski definition) is 5. The summed E-state index contributed by atoms with van der Waals surface area (Å²) in [5.41, 5.74) is 0.939. The largest absolute Gasteiger partial charge is 0.492 e. The van der Waals surface area contributed by atoms with Crippen LogP contribution >= 0.6 is 0 Å². The van der Waals surface area contributed by atoms with Crippen LogP contribution in [-0.4, -0.2) is 42.1 Å². The number of rotatable bonds is 6. The first-order chi connectivity index (χ1) is 12.2. The highest BCUT2D eigenvalue weighted by Gasteiger charge is 2.26. The molecule has 0 bridgehead atoms. The normalized spacial score (nSPS) is 17.2. The van der Waals surface area contributed by atoms with E-state index >= 15 is 0 Å². The number of amides is 1. The van der Waals surface area contributed by atoms with Crippen molar-refractivity contribution in [3.05, 3.63) is 48.3 Å². The molecule has 1 fully saturated rings. The molecule has 1 amide bonds. The highest BCUT2D eigenvalue weighted by Crippen LogP contribution is 2.20. The van der Waals surface area contributed by atoms with Crippen molar-refractivity contribution in [1.82, 2.24) is 15.3 Å². The van der Waals surface area contributed by atoms with Crippen LogP contribution in [0.3, 0.4) is 0 Å². The van der Waals surface area contributed by atoms with Crippen molar-refractivity contribution in [2.24, 2.45) is 5.92 Å². The summed E-state index contributed by atoms with van der Waals surface area (Å²) in [6.45, 7) is 4.48. The Balaban J connectivity index is 1.45. The van der Waals surface area contributed by atoms with Gasteiger partial charge in [-0.3, -0.25) is 4.79 Å². The zero-order valence-corrected chi connectivity index (χ0v) is 14.5. The van der Waals surface area contributed by atoms with Crippen molar-refractivity contribution in [1.29, 1.82) is 0 Å². The summed E-state index contributed by atoms with van der Waals surface area (Å²) in [5.74, 6) is 1.57. The molecule has 25 heavy (non-hydrogen) atoms. The minimum atomic E-state index is -0.0328. The molecule has 1 aromatic carbocycles. The first kappa shape index (κ1) is 17.2. The summed E-state index contributed by atoms with van der Waals surface area (Å²) < 4.78 is 5.60. The third kappa shape index (κ3) is 4.92. The molecular formula is C19H24N4O2. The second-order valence-corrected chi connectivity index (χ2v) is 6.24. The number of anilines is 1. The van der Waals surface area contributed by atoms with Gasteiger partial charge in [0.2, 0.25) is 11.9 Å². The van der Waals surface area contributed by atoms with Crippen LogP contribution in [0.15, 0.2) is 42.6 Å². The number of nitrogens with zero attached hydrogens (tertiary/aromatic N) is 3. The van der Waals surface area contributed by atoms with E-state index in [4.69, 9.17) is 4.74 Å². The molecule has 6 nitrogen and oxygen atoms in total. The van der Waals surface area contributed by atoms with Gasteiger partial charge in [-0.1, -0.05) is 18.2 Å². The number of para-hydroxylation sites is 1. The first-order valence-electron chi connectivity index (χ1n) is 8.72. The first-order valence-corrected chi connectivity index (χ1v) is 8.72. The standard InChI is InChI=1S/C19H24N4O2/c1-15-9-10-21-19(22-15)23-12-5-6-16(14-23)18(24)20-11-13-25-17-7-3-2-4-8-17/h2-4,7-10,16H,5-6,11-14H2,1H3,(H,20,24). The lowest BCUT2D eigenvalue weighted by Crippen LogP contribution is -2.44. The van der Waals surface area contributed by atoms with E-state index in [1.165, 1.54) is 0 Å². The molecule has 132 valence electrons. The number of carbonyl (C=O) groups is 1. The Morgan fingerprint density at radius 3 is 2.96 bits per heavy atom. The zero-order valence-electron chi connectivity index (χ0n) is 14.5. The lowest BCUT2D eigenvalue weighted by Gasteiger charge is -2.32. The number of ether oxygens (including phenoxy) is 1. The molecule has 0 radical (unpaired) electrons. The molecular weight excluding hydrogens is 316 g/mol. The Labute approximate surface area is 148 Å². The van der Waals surface area contributed by atoms with E-state index in [2.05, 4.69) is 20.2 Å². The minimum Gasteiger partial charge on any atom is -0.492 e. The molecule has 1 N–H and O–H groups in total. The summed E-state index contributed by atoms with van der Waals surface area (Å²) in [4.78, 5) is 23.3. The predicted octanol–water partition coefficient (Wildman–Crippen LogP) is 2.20. The van der Waals surface area contributed by atoms with Crippen LogP contribution in [-0.2, 0) is 4.79 Å². The molecule has 3 rings (SSSR count). The minimum absolute atomic E-state index is 0.0328. The molecule has 1 aliphatic rings. The summed E-state index contributed by atoms with van der Waals surface area (Å²) in [7, 11) is 0. The maximum atomic E-state index is 12.4. The van der Waals surface area contributed by atoms with E-state index in [0.29, 0.717) is 25.6 Å². The Bertz CT molecular complexity index is 693. The zero-order chi connectivity index (χ0) is 17.5. The monoisotopic (exact) mass is 340 g/mol. The van der Waals surface area contributed by atoms with E-state index in [-0.39, 0.29) is 11.8 Å². The molecule has 1 atom stereocenters. The van der Waals surface area contributed by atoms with Gasteiger partial charge in [0.05, 0.1) is 12.5 Å². The van der Waals surface area contributed by atoms with Crippen LogP contribution in [0.2, 0.25) is 0 Å². The summed E-state index contributed by atoms with van der Waals surface area (Å²) >= 11 is 0. The highest BCUT2D eigenvalue weighted by atomic mass is 16.5. The van der Waals surface area contributed by atoms with Gasteiger partial charge >= 0.3 is 0 Å². The second kappa shape index (κ2) is 8.46. The molecule has 0 saturated carbocycles. The van der Waals surface area contributed by atoms with Crippen LogP contribution in [0.5, 0.6) is 5.75 Å². The fourth-order valence-corrected chi connectivity index (χ4v) is 2.97. The Morgan fingerprint density at radius 1 is 1.32 bits per heavy atom. The van der Waals surface area contributed by atoms with Crippen molar-refractivity contribution in [3.63, 3.8) is 0 Å². The van der Waals surface area contributed by atoms with Gasteiger partial charge < -0.3 is 15.0 Å². The van der Waals surface area contributed by atoms with Gasteiger partial charge in [-0.15, -0.1) is 0 Å². The van der Waals surface area contributed by atoms with Gasteiger partial charge in [-0.25, -0.2) is 9.97 Å². The molecule has 0 aliphatic carbocycles. The number of hydrogen-bond donors (Lipinski definition) is 1. The smallest absolute Gasteiger partial charge is 0.225 e. The lowest BCUT2D eigenvalue weighted by molar-refractivity contribution is -0.125. The molecule has 1 unspecified atom stereocenters. The average Bonchev–Trinajstić information content (AvgIpc) is 2.66. The molecule has 6 heteroatoms. The second-order valence-electron chi connectivity index (χ2n) is 6.24. The summed E-state index contributed by atoms with van der Waals surface area (Å²) in [6.07, 6.45) is 3.63. The van der Waals surface area contributed by atoms with Gasteiger partial charge in [0.15, 0.2) is 0 Å². The average molecular weight is 340 g/mol. The van der Waals surface area contributed by atoms with Gasteiger partial charge in [0, 0.05) is 25.0 Å². The van der Waals surface area contributed by atoms with Crippen molar-refractivity contribution in [2.45, 2.75) is 19.8 Å². The van der Waals surface area contributed by atoms with Gasteiger partial charge in [0.25, 0.3) is 0 Å². The number of benzene rings is 1. The Morgan fingerprint density at radius 2 is 2.16 bits per heavy atom. The molecule has 1 aliphatic heterocycles. The van der Waals surface area contributed by atoms with E-state index in [0.717, 1.165) is 30.8 Å². The molecule has 1 aromatic heterocycles. The van der Waals surface area contributed by atoms with Crippen LogP contribution < -0.4 is 15.0 Å². The topological polar surface area (TPSA) is 67.4 Å².